The average Bonchev–Trinajstić information content (AvgIpc) is 2.78. The molecule has 0 aromatic heterocycles. The maximum atomic E-state index is 10.9. The van der Waals surface area contributed by atoms with Gasteiger partial charge in [0.25, 0.3) is 0 Å². The first kappa shape index (κ1) is 12.3. The van der Waals surface area contributed by atoms with Crippen LogP contribution in [0, 0.1) is 0 Å². The van der Waals surface area contributed by atoms with Crippen LogP contribution < -0.4 is 14.8 Å². The van der Waals surface area contributed by atoms with Crippen molar-refractivity contribution in [1.82, 2.24) is 5.32 Å². The van der Waals surface area contributed by atoms with Crippen molar-refractivity contribution < 1.29 is 19.4 Å². The van der Waals surface area contributed by atoms with Gasteiger partial charge in [-0.05, 0) is 30.5 Å². The van der Waals surface area contributed by atoms with E-state index in [1.165, 1.54) is 0 Å². The zero-order valence-electron chi connectivity index (χ0n) is 10.6. The Balaban J connectivity index is 1.79. The van der Waals surface area contributed by atoms with Gasteiger partial charge in [0, 0.05) is 12.5 Å². The lowest BCUT2D eigenvalue weighted by Crippen LogP contribution is -2.31. The molecule has 0 aliphatic carbocycles. The number of benzene rings is 1. The Kier molecular flexibility index (Phi) is 3.29. The largest absolute Gasteiger partial charge is 0.490 e. The zero-order chi connectivity index (χ0) is 13.2. The fraction of sp³-hybridized carbons (Fsp3) is 0.500. The Morgan fingerprint density at radius 2 is 2.00 bits per heavy atom. The molecule has 5 nitrogen and oxygen atoms in total. The van der Waals surface area contributed by atoms with Gasteiger partial charge >= 0.3 is 5.97 Å². The van der Waals surface area contributed by atoms with Crippen molar-refractivity contribution in [2.75, 3.05) is 13.2 Å². The molecule has 2 aliphatic heterocycles. The third-order valence-electron chi connectivity index (χ3n) is 3.62. The fourth-order valence-corrected chi connectivity index (χ4v) is 2.60. The smallest absolute Gasteiger partial charge is 0.320 e. The van der Waals surface area contributed by atoms with E-state index in [4.69, 9.17) is 14.6 Å². The Hall–Kier alpha value is -1.75. The minimum atomic E-state index is -0.781. The highest BCUT2D eigenvalue weighted by Crippen LogP contribution is 2.35. The van der Waals surface area contributed by atoms with Gasteiger partial charge in [-0.25, -0.2) is 0 Å². The molecule has 5 heteroatoms. The molecular formula is C14H17NO4. The van der Waals surface area contributed by atoms with E-state index in [0.717, 1.165) is 29.9 Å². The van der Waals surface area contributed by atoms with E-state index in [2.05, 4.69) is 5.32 Å². The Bertz CT molecular complexity index is 488. The first-order valence-corrected chi connectivity index (χ1v) is 6.62. The average molecular weight is 263 g/mol. The number of nitrogens with one attached hydrogen (secondary N) is 1. The van der Waals surface area contributed by atoms with Gasteiger partial charge in [-0.3, -0.25) is 10.1 Å². The maximum Gasteiger partial charge on any atom is 0.320 e. The summed E-state index contributed by atoms with van der Waals surface area (Å²) in [4.78, 5) is 10.9. The SMILES string of the molecule is O=C(O)C1CCC(c2ccc3c(c2)OCCCO3)N1. The van der Waals surface area contributed by atoms with Crippen molar-refractivity contribution in [3.05, 3.63) is 23.8 Å². The second-order valence-electron chi connectivity index (χ2n) is 4.94. The van der Waals surface area contributed by atoms with Gasteiger partial charge in [0.15, 0.2) is 11.5 Å². The van der Waals surface area contributed by atoms with Crippen LogP contribution in [0.5, 0.6) is 11.5 Å². The molecular weight excluding hydrogens is 246 g/mol. The maximum absolute atomic E-state index is 10.9. The quantitative estimate of drug-likeness (QED) is 0.850. The van der Waals surface area contributed by atoms with Gasteiger partial charge in [-0.2, -0.15) is 0 Å². The summed E-state index contributed by atoms with van der Waals surface area (Å²) >= 11 is 0. The van der Waals surface area contributed by atoms with E-state index in [0.29, 0.717) is 19.6 Å². The molecule has 1 aromatic rings. The molecule has 1 aromatic carbocycles. The predicted molar refractivity (Wildman–Crippen MR) is 68.6 cm³/mol. The third-order valence-corrected chi connectivity index (χ3v) is 3.62. The summed E-state index contributed by atoms with van der Waals surface area (Å²) in [6.45, 7) is 1.33. The van der Waals surface area contributed by atoms with Gasteiger partial charge in [-0.1, -0.05) is 6.07 Å². The number of carboxylic acids is 1. The van der Waals surface area contributed by atoms with Crippen molar-refractivity contribution in [2.45, 2.75) is 31.3 Å². The van der Waals surface area contributed by atoms with Crippen LogP contribution in [0.25, 0.3) is 0 Å². The van der Waals surface area contributed by atoms with Crippen LogP contribution >= 0.6 is 0 Å². The number of aliphatic carboxylic acids is 1. The number of ether oxygens (including phenoxy) is 2. The summed E-state index contributed by atoms with van der Waals surface area (Å²) < 4.78 is 11.2. The van der Waals surface area contributed by atoms with Crippen LogP contribution in [0.3, 0.4) is 0 Å². The van der Waals surface area contributed by atoms with E-state index >= 15 is 0 Å². The molecule has 3 rings (SSSR count). The summed E-state index contributed by atoms with van der Waals surface area (Å²) in [6.07, 6.45) is 2.37. The van der Waals surface area contributed by atoms with Crippen LogP contribution in [0.2, 0.25) is 0 Å². The van der Waals surface area contributed by atoms with Crippen molar-refractivity contribution in [3.8, 4) is 11.5 Å². The summed E-state index contributed by atoms with van der Waals surface area (Å²) in [5, 5.41) is 12.1. The predicted octanol–water partition coefficient (Wildman–Crippen LogP) is 1.73. The van der Waals surface area contributed by atoms with Crippen molar-refractivity contribution in [2.24, 2.45) is 0 Å². The van der Waals surface area contributed by atoms with Crippen LogP contribution in [0.4, 0.5) is 0 Å². The van der Waals surface area contributed by atoms with Crippen molar-refractivity contribution in [1.29, 1.82) is 0 Å². The number of hydrogen-bond acceptors (Lipinski definition) is 4. The molecule has 102 valence electrons. The number of hydrogen-bond donors (Lipinski definition) is 2. The van der Waals surface area contributed by atoms with E-state index in [1.807, 2.05) is 18.2 Å². The van der Waals surface area contributed by atoms with Crippen LogP contribution in [-0.2, 0) is 4.79 Å². The number of rotatable bonds is 2. The highest BCUT2D eigenvalue weighted by atomic mass is 16.5. The summed E-state index contributed by atoms with van der Waals surface area (Å²) in [7, 11) is 0. The van der Waals surface area contributed by atoms with Gasteiger partial charge in [-0.15, -0.1) is 0 Å². The topological polar surface area (TPSA) is 67.8 Å². The number of carbonyl (C=O) groups is 1. The molecule has 1 fully saturated rings. The lowest BCUT2D eigenvalue weighted by Gasteiger charge is -2.15. The highest BCUT2D eigenvalue weighted by Gasteiger charge is 2.30. The van der Waals surface area contributed by atoms with E-state index in [1.54, 1.807) is 0 Å². The molecule has 0 amide bonds. The second kappa shape index (κ2) is 5.09. The first-order valence-electron chi connectivity index (χ1n) is 6.62. The van der Waals surface area contributed by atoms with E-state index in [-0.39, 0.29) is 6.04 Å². The molecule has 2 aliphatic rings. The zero-order valence-corrected chi connectivity index (χ0v) is 10.6. The van der Waals surface area contributed by atoms with Crippen LogP contribution in [0.1, 0.15) is 30.9 Å². The molecule has 1 saturated heterocycles. The van der Waals surface area contributed by atoms with Gasteiger partial charge in [0.1, 0.15) is 6.04 Å². The molecule has 0 radical (unpaired) electrons. The van der Waals surface area contributed by atoms with Crippen LogP contribution in [0.15, 0.2) is 18.2 Å². The highest BCUT2D eigenvalue weighted by molar-refractivity contribution is 5.74. The normalized spacial score (nSPS) is 25.9. The van der Waals surface area contributed by atoms with Crippen LogP contribution in [-0.4, -0.2) is 30.3 Å². The number of fused-ring (bicyclic) bond motifs is 1. The summed E-state index contributed by atoms with van der Waals surface area (Å²) in [5.41, 5.74) is 1.06. The molecule has 2 unspecified atom stereocenters. The summed E-state index contributed by atoms with van der Waals surface area (Å²) in [5.74, 6) is 0.751. The monoisotopic (exact) mass is 263 g/mol. The van der Waals surface area contributed by atoms with Crippen molar-refractivity contribution >= 4 is 5.97 Å². The van der Waals surface area contributed by atoms with Gasteiger partial charge < -0.3 is 14.6 Å². The van der Waals surface area contributed by atoms with Gasteiger partial charge in [0.05, 0.1) is 13.2 Å². The fourth-order valence-electron chi connectivity index (χ4n) is 2.60. The molecule has 2 heterocycles. The minimum absolute atomic E-state index is 0.0817. The van der Waals surface area contributed by atoms with Crippen molar-refractivity contribution in [3.63, 3.8) is 0 Å². The summed E-state index contributed by atoms with van der Waals surface area (Å²) in [6, 6.07) is 5.49. The van der Waals surface area contributed by atoms with E-state index in [9.17, 15) is 4.79 Å². The second-order valence-corrected chi connectivity index (χ2v) is 4.94. The molecule has 0 spiro atoms. The van der Waals surface area contributed by atoms with E-state index < -0.39 is 12.0 Å². The molecule has 0 saturated carbocycles. The molecule has 2 N–H and O–H groups in total. The Morgan fingerprint density at radius 3 is 2.74 bits per heavy atom. The first-order chi connectivity index (χ1) is 9.24. The standard InChI is InChI=1S/C14H17NO4/c16-14(17)11-4-3-10(15-11)9-2-5-12-13(8-9)19-7-1-6-18-12/h2,5,8,10-11,15H,1,3-4,6-7H2,(H,16,17). The number of carboxylic acid groups (broad SMARTS) is 1. The molecule has 0 bridgehead atoms. The lowest BCUT2D eigenvalue weighted by atomic mass is 10.0. The Labute approximate surface area is 111 Å². The molecule has 2 atom stereocenters. The minimum Gasteiger partial charge on any atom is -0.490 e. The third kappa shape index (κ3) is 2.51. The Morgan fingerprint density at radius 1 is 1.21 bits per heavy atom. The molecule has 19 heavy (non-hydrogen) atoms. The van der Waals surface area contributed by atoms with Gasteiger partial charge in [0.2, 0.25) is 0 Å². The lowest BCUT2D eigenvalue weighted by molar-refractivity contribution is -0.139.